The van der Waals surface area contributed by atoms with Crippen LogP contribution in [0.2, 0.25) is 5.02 Å². The van der Waals surface area contributed by atoms with Gasteiger partial charge in [0.05, 0.1) is 12.6 Å². The van der Waals surface area contributed by atoms with Crippen LogP contribution in [0.15, 0.2) is 36.4 Å². The minimum Gasteiger partial charge on any atom is -0.545 e. The van der Waals surface area contributed by atoms with Crippen molar-refractivity contribution in [3.63, 3.8) is 0 Å². The number of aromatic carboxylic acids is 1. The van der Waals surface area contributed by atoms with E-state index in [0.29, 0.717) is 18.2 Å². The Hall–Kier alpha value is -1.20. The Kier molecular flexibility index (Phi) is 7.86. The second kappa shape index (κ2) is 9.53. The van der Waals surface area contributed by atoms with Crippen LogP contribution in [0.4, 0.5) is 5.69 Å². The van der Waals surface area contributed by atoms with Crippen LogP contribution in [0.3, 0.4) is 0 Å². The molecule has 0 saturated carbocycles. The molecule has 2 aromatic carbocycles. The van der Waals surface area contributed by atoms with Gasteiger partial charge in [0.2, 0.25) is 0 Å². The summed E-state index contributed by atoms with van der Waals surface area (Å²) in [6, 6.07) is 11.0. The van der Waals surface area contributed by atoms with Crippen molar-refractivity contribution in [3.05, 3.63) is 58.1 Å². The molecule has 0 atom stereocenters. The Bertz CT molecular complexity index is 848. The summed E-state index contributed by atoms with van der Waals surface area (Å²) in [5.41, 5.74) is 3.14. The fourth-order valence-corrected chi connectivity index (χ4v) is 3.56. The minimum atomic E-state index is -1.12. The number of fused-ring (bicyclic) bond motifs is 1. The van der Waals surface area contributed by atoms with Crippen molar-refractivity contribution in [2.24, 2.45) is 5.41 Å². The molecule has 1 heterocycles. The SMILES string of the molecule is CC(C)(C)COc1ccc(Cl)cc1CN1CCCc2c(C(=O)[O-])cccc21.[Na+]. The van der Waals surface area contributed by atoms with Gasteiger partial charge >= 0.3 is 29.6 Å². The minimum absolute atomic E-state index is 0. The van der Waals surface area contributed by atoms with Crippen LogP contribution in [0, 0.1) is 5.41 Å². The summed E-state index contributed by atoms with van der Waals surface area (Å²) in [5, 5.41) is 12.1. The number of anilines is 1. The van der Waals surface area contributed by atoms with Crippen LogP contribution in [0.1, 0.15) is 48.7 Å². The molecule has 0 unspecified atom stereocenters. The largest absolute Gasteiger partial charge is 1.00 e. The molecule has 1 aliphatic rings. The number of carbonyl (C=O) groups is 1. The Labute approximate surface area is 194 Å². The zero-order chi connectivity index (χ0) is 19.6. The summed E-state index contributed by atoms with van der Waals surface area (Å²) < 4.78 is 6.06. The number of hydrogen-bond acceptors (Lipinski definition) is 4. The van der Waals surface area contributed by atoms with Gasteiger partial charge in [-0.2, -0.15) is 0 Å². The van der Waals surface area contributed by atoms with Gasteiger partial charge < -0.3 is 19.5 Å². The summed E-state index contributed by atoms with van der Waals surface area (Å²) in [5.74, 6) is -0.303. The van der Waals surface area contributed by atoms with Crippen LogP contribution in [-0.4, -0.2) is 19.1 Å². The van der Waals surface area contributed by atoms with Crippen LogP contribution in [0.5, 0.6) is 5.75 Å². The summed E-state index contributed by atoms with van der Waals surface area (Å²) >= 11 is 6.23. The number of rotatable bonds is 5. The normalized spacial score (nSPS) is 13.5. The maximum absolute atomic E-state index is 11.4. The number of benzene rings is 2. The van der Waals surface area contributed by atoms with Crippen LogP contribution < -0.4 is 44.3 Å². The number of carboxylic acids is 1. The third kappa shape index (κ3) is 5.66. The van der Waals surface area contributed by atoms with Gasteiger partial charge in [0, 0.05) is 34.9 Å². The molecule has 0 saturated heterocycles. The third-order valence-corrected chi connectivity index (χ3v) is 4.85. The van der Waals surface area contributed by atoms with Gasteiger partial charge in [-0.3, -0.25) is 0 Å². The number of nitrogens with zero attached hydrogens (tertiary/aromatic N) is 1. The average molecular weight is 410 g/mol. The van der Waals surface area contributed by atoms with E-state index in [2.05, 4.69) is 25.7 Å². The molecule has 6 heteroatoms. The number of hydrogen-bond donors (Lipinski definition) is 0. The van der Waals surface area contributed by atoms with E-state index in [4.69, 9.17) is 16.3 Å². The molecule has 0 radical (unpaired) electrons. The average Bonchev–Trinajstić information content (AvgIpc) is 2.60. The van der Waals surface area contributed by atoms with Crippen molar-refractivity contribution in [1.29, 1.82) is 0 Å². The molecule has 0 fully saturated rings. The first-order valence-corrected chi connectivity index (χ1v) is 9.62. The van der Waals surface area contributed by atoms with Gasteiger partial charge in [-0.05, 0) is 48.1 Å². The summed E-state index contributed by atoms with van der Waals surface area (Å²) in [6.45, 7) is 8.46. The smallest absolute Gasteiger partial charge is 0.545 e. The predicted molar refractivity (Wildman–Crippen MR) is 107 cm³/mol. The van der Waals surface area contributed by atoms with Crippen molar-refractivity contribution in [2.45, 2.75) is 40.2 Å². The maximum Gasteiger partial charge on any atom is 1.00 e. The van der Waals surface area contributed by atoms with E-state index in [0.717, 1.165) is 42.0 Å². The number of carbonyl (C=O) groups excluding carboxylic acids is 1. The number of carboxylic acid groups (broad SMARTS) is 1. The van der Waals surface area contributed by atoms with E-state index in [1.807, 2.05) is 24.3 Å². The fraction of sp³-hybridized carbons (Fsp3) is 0.409. The predicted octanol–water partition coefficient (Wildman–Crippen LogP) is 1.09. The molecule has 4 nitrogen and oxygen atoms in total. The third-order valence-electron chi connectivity index (χ3n) is 4.61. The standard InChI is InChI=1S/C22H26ClNO3.Na/c1-22(2,3)14-27-20-10-9-16(23)12-15(20)13-24-11-5-7-17-18(21(25)26)6-4-8-19(17)24;/h4,6,8-10,12H,5,7,11,13-14H2,1-3H3,(H,25,26);/q;+1/p-1. The van der Waals surface area contributed by atoms with Gasteiger partial charge in [-0.1, -0.05) is 44.5 Å². The maximum atomic E-state index is 11.4. The van der Waals surface area contributed by atoms with Gasteiger partial charge in [0.1, 0.15) is 5.75 Å². The van der Waals surface area contributed by atoms with Crippen molar-refractivity contribution in [3.8, 4) is 5.75 Å². The van der Waals surface area contributed by atoms with Crippen molar-refractivity contribution in [1.82, 2.24) is 0 Å². The molecule has 28 heavy (non-hydrogen) atoms. The Morgan fingerprint density at radius 2 is 2.00 bits per heavy atom. The van der Waals surface area contributed by atoms with Gasteiger partial charge in [0.15, 0.2) is 0 Å². The van der Waals surface area contributed by atoms with Crippen LogP contribution >= 0.6 is 11.6 Å². The first-order chi connectivity index (χ1) is 12.7. The molecule has 0 aliphatic carbocycles. The monoisotopic (exact) mass is 409 g/mol. The molecular formula is C22H25ClNNaO3. The molecule has 2 aromatic rings. The van der Waals surface area contributed by atoms with E-state index >= 15 is 0 Å². The zero-order valence-corrected chi connectivity index (χ0v) is 19.8. The van der Waals surface area contributed by atoms with Gasteiger partial charge in [0.25, 0.3) is 0 Å². The molecule has 0 aromatic heterocycles. The van der Waals surface area contributed by atoms with Crippen molar-refractivity contribution < 1.29 is 44.2 Å². The van der Waals surface area contributed by atoms with E-state index < -0.39 is 5.97 Å². The van der Waals surface area contributed by atoms with E-state index in [-0.39, 0.29) is 40.5 Å². The molecule has 0 N–H and O–H groups in total. The van der Waals surface area contributed by atoms with Crippen molar-refractivity contribution >= 4 is 23.3 Å². The first kappa shape index (κ1) is 23.1. The summed E-state index contributed by atoms with van der Waals surface area (Å²) in [7, 11) is 0. The van der Waals surface area contributed by atoms with E-state index in [9.17, 15) is 9.90 Å². The summed E-state index contributed by atoms with van der Waals surface area (Å²) in [6.07, 6.45) is 1.65. The topological polar surface area (TPSA) is 52.6 Å². The molecular weight excluding hydrogens is 385 g/mol. The molecule has 144 valence electrons. The van der Waals surface area contributed by atoms with Crippen molar-refractivity contribution in [2.75, 3.05) is 18.1 Å². The number of ether oxygens (including phenoxy) is 1. The molecule has 3 rings (SSSR count). The van der Waals surface area contributed by atoms with Gasteiger partial charge in [-0.25, -0.2) is 0 Å². The fourth-order valence-electron chi connectivity index (χ4n) is 3.37. The van der Waals surface area contributed by atoms with E-state index in [1.165, 1.54) is 0 Å². The molecule has 0 bridgehead atoms. The Morgan fingerprint density at radius 3 is 2.68 bits per heavy atom. The molecule has 0 amide bonds. The first-order valence-electron chi connectivity index (χ1n) is 9.24. The quantitative estimate of drug-likeness (QED) is 0.694. The molecule has 1 aliphatic heterocycles. The zero-order valence-electron chi connectivity index (χ0n) is 17.0. The van der Waals surface area contributed by atoms with Crippen LogP contribution in [0.25, 0.3) is 0 Å². The Balaban J connectivity index is 0.00000280. The molecule has 0 spiro atoms. The second-order valence-electron chi connectivity index (χ2n) is 8.22. The Morgan fingerprint density at radius 1 is 1.25 bits per heavy atom. The number of halogens is 1. The summed E-state index contributed by atoms with van der Waals surface area (Å²) in [4.78, 5) is 13.6. The van der Waals surface area contributed by atoms with Crippen LogP contribution in [-0.2, 0) is 13.0 Å². The second-order valence-corrected chi connectivity index (χ2v) is 8.65. The van der Waals surface area contributed by atoms with E-state index in [1.54, 1.807) is 12.1 Å². The van der Waals surface area contributed by atoms with Gasteiger partial charge in [-0.15, -0.1) is 0 Å².